The fourth-order valence-electron chi connectivity index (χ4n) is 1.94. The zero-order chi connectivity index (χ0) is 12.7. The van der Waals surface area contributed by atoms with Crippen LogP contribution in [0.4, 0.5) is 5.95 Å². The molecule has 0 unspecified atom stereocenters. The molecule has 0 saturated carbocycles. The van der Waals surface area contributed by atoms with Gasteiger partial charge in [0.15, 0.2) is 0 Å². The van der Waals surface area contributed by atoms with Crippen LogP contribution in [0.25, 0.3) is 11.3 Å². The first-order valence-corrected chi connectivity index (χ1v) is 5.72. The van der Waals surface area contributed by atoms with E-state index in [1.54, 1.807) is 6.07 Å². The van der Waals surface area contributed by atoms with Crippen LogP contribution >= 0.6 is 11.6 Å². The summed E-state index contributed by atoms with van der Waals surface area (Å²) < 4.78 is 0. The predicted octanol–water partition coefficient (Wildman–Crippen LogP) is 1.62. The van der Waals surface area contributed by atoms with Gasteiger partial charge in [-0.25, -0.2) is 9.97 Å². The Hall–Kier alpha value is -2.14. The van der Waals surface area contributed by atoms with Crippen molar-refractivity contribution >= 4 is 23.5 Å². The lowest BCUT2D eigenvalue weighted by atomic mass is 10.0. The molecule has 3 N–H and O–H groups in total. The van der Waals surface area contributed by atoms with E-state index in [-0.39, 0.29) is 11.9 Å². The van der Waals surface area contributed by atoms with Crippen molar-refractivity contribution in [3.8, 4) is 11.3 Å². The topological polar surface area (TPSA) is 80.9 Å². The van der Waals surface area contributed by atoms with Crippen LogP contribution < -0.4 is 11.1 Å². The molecule has 0 atom stereocenters. The summed E-state index contributed by atoms with van der Waals surface area (Å²) in [4.78, 5) is 19.5. The van der Waals surface area contributed by atoms with Gasteiger partial charge in [0.25, 0.3) is 5.91 Å². The summed E-state index contributed by atoms with van der Waals surface area (Å²) in [6, 6.07) is 5.52. The number of benzene rings is 1. The minimum Gasteiger partial charge on any atom is -0.368 e. The van der Waals surface area contributed by atoms with Gasteiger partial charge in [-0.1, -0.05) is 23.7 Å². The Morgan fingerprint density at radius 2 is 2.22 bits per heavy atom. The highest BCUT2D eigenvalue weighted by Gasteiger charge is 2.20. The number of halogens is 1. The van der Waals surface area contributed by atoms with E-state index < -0.39 is 0 Å². The second kappa shape index (κ2) is 3.96. The van der Waals surface area contributed by atoms with Crippen molar-refractivity contribution in [3.05, 3.63) is 40.5 Å². The molecule has 6 heteroatoms. The first-order chi connectivity index (χ1) is 8.65. The van der Waals surface area contributed by atoms with E-state index in [9.17, 15) is 4.79 Å². The van der Waals surface area contributed by atoms with E-state index in [1.807, 2.05) is 12.1 Å². The molecule has 18 heavy (non-hydrogen) atoms. The first kappa shape index (κ1) is 11.0. The van der Waals surface area contributed by atoms with Crippen molar-refractivity contribution in [1.82, 2.24) is 15.3 Å². The zero-order valence-corrected chi connectivity index (χ0v) is 10.0. The summed E-state index contributed by atoms with van der Waals surface area (Å²) in [5.41, 5.74) is 8.46. The maximum Gasteiger partial charge on any atom is 0.251 e. The number of carbonyl (C=O) groups excluding carboxylic acids is 1. The van der Waals surface area contributed by atoms with Crippen molar-refractivity contribution in [3.63, 3.8) is 0 Å². The Kier molecular flexibility index (Phi) is 2.41. The molecule has 90 valence electrons. The lowest BCUT2D eigenvalue weighted by Gasteiger charge is -2.05. The van der Waals surface area contributed by atoms with Crippen molar-refractivity contribution in [2.45, 2.75) is 6.54 Å². The van der Waals surface area contributed by atoms with Gasteiger partial charge in [-0.15, -0.1) is 0 Å². The van der Waals surface area contributed by atoms with E-state index >= 15 is 0 Å². The van der Waals surface area contributed by atoms with Gasteiger partial charge >= 0.3 is 0 Å². The molecule has 0 fully saturated rings. The lowest BCUT2D eigenvalue weighted by Crippen LogP contribution is -2.12. The van der Waals surface area contributed by atoms with Gasteiger partial charge in [-0.05, 0) is 11.6 Å². The Morgan fingerprint density at radius 3 is 3.06 bits per heavy atom. The maximum atomic E-state index is 11.6. The third-order valence-corrected chi connectivity index (χ3v) is 3.11. The predicted molar refractivity (Wildman–Crippen MR) is 68.1 cm³/mol. The van der Waals surface area contributed by atoms with Gasteiger partial charge in [-0.2, -0.15) is 0 Å². The van der Waals surface area contributed by atoms with Crippen LogP contribution in [-0.4, -0.2) is 15.9 Å². The summed E-state index contributed by atoms with van der Waals surface area (Å²) in [6.07, 6.45) is 1.45. The van der Waals surface area contributed by atoms with Crippen LogP contribution in [0, 0.1) is 0 Å². The molecule has 1 aromatic heterocycles. The maximum absolute atomic E-state index is 11.6. The largest absolute Gasteiger partial charge is 0.368 e. The number of nitrogens with two attached hydrogens (primary N) is 1. The molecular formula is C12H9ClN4O. The molecule has 1 aliphatic rings. The van der Waals surface area contributed by atoms with Gasteiger partial charge in [0.1, 0.15) is 0 Å². The molecule has 0 radical (unpaired) electrons. The second-order valence-corrected chi connectivity index (χ2v) is 4.39. The number of hydrogen-bond donors (Lipinski definition) is 2. The number of rotatable bonds is 1. The second-order valence-electron chi connectivity index (χ2n) is 3.98. The van der Waals surface area contributed by atoms with Crippen molar-refractivity contribution in [2.24, 2.45) is 0 Å². The molecule has 0 spiro atoms. The summed E-state index contributed by atoms with van der Waals surface area (Å²) in [5, 5.41) is 3.17. The number of fused-ring (bicyclic) bond motifs is 1. The van der Waals surface area contributed by atoms with Gasteiger partial charge in [0.2, 0.25) is 5.95 Å². The van der Waals surface area contributed by atoms with Gasteiger partial charge in [0, 0.05) is 17.7 Å². The molecule has 1 amide bonds. The minimum atomic E-state index is -0.0787. The fraction of sp³-hybridized carbons (Fsp3) is 0.0833. The van der Waals surface area contributed by atoms with E-state index in [0.29, 0.717) is 22.8 Å². The van der Waals surface area contributed by atoms with Gasteiger partial charge < -0.3 is 11.1 Å². The standard InChI is InChI=1S/C12H9ClN4O/c13-9-5-16-12(14)17-10(9)6-1-2-7-4-15-11(18)8(7)3-6/h1-3,5H,4H2,(H,15,18)(H2,14,16,17). The smallest absolute Gasteiger partial charge is 0.251 e. The number of anilines is 1. The van der Waals surface area contributed by atoms with Crippen LogP contribution in [0.3, 0.4) is 0 Å². The third-order valence-electron chi connectivity index (χ3n) is 2.83. The number of carbonyl (C=O) groups is 1. The van der Waals surface area contributed by atoms with E-state index in [2.05, 4.69) is 15.3 Å². The zero-order valence-electron chi connectivity index (χ0n) is 9.27. The molecule has 2 aromatic rings. The Bertz CT molecular complexity index is 657. The highest BCUT2D eigenvalue weighted by molar-refractivity contribution is 6.32. The highest BCUT2D eigenvalue weighted by atomic mass is 35.5. The number of nitrogen functional groups attached to an aromatic ring is 1. The number of amides is 1. The van der Waals surface area contributed by atoms with Crippen LogP contribution in [-0.2, 0) is 6.54 Å². The Morgan fingerprint density at radius 1 is 1.39 bits per heavy atom. The number of nitrogens with zero attached hydrogens (tertiary/aromatic N) is 2. The average molecular weight is 261 g/mol. The van der Waals surface area contributed by atoms with Crippen molar-refractivity contribution in [2.75, 3.05) is 5.73 Å². The van der Waals surface area contributed by atoms with E-state index in [1.165, 1.54) is 6.20 Å². The summed E-state index contributed by atoms with van der Waals surface area (Å²) in [5.74, 6) is 0.0735. The molecule has 1 aromatic carbocycles. The molecule has 3 rings (SSSR count). The van der Waals surface area contributed by atoms with Gasteiger partial charge in [0.05, 0.1) is 16.9 Å². The molecule has 2 heterocycles. The quantitative estimate of drug-likeness (QED) is 0.816. The van der Waals surface area contributed by atoms with E-state index in [0.717, 1.165) is 11.1 Å². The molecular weight excluding hydrogens is 252 g/mol. The van der Waals surface area contributed by atoms with Crippen LogP contribution in [0.2, 0.25) is 5.02 Å². The van der Waals surface area contributed by atoms with Crippen LogP contribution in [0.5, 0.6) is 0 Å². The van der Waals surface area contributed by atoms with Crippen LogP contribution in [0.15, 0.2) is 24.4 Å². The molecule has 0 bridgehead atoms. The summed E-state index contributed by atoms with van der Waals surface area (Å²) >= 11 is 6.04. The fourth-order valence-corrected chi connectivity index (χ4v) is 2.14. The normalized spacial score (nSPS) is 13.3. The molecule has 0 aliphatic carbocycles. The Labute approximate surface area is 108 Å². The monoisotopic (exact) mass is 260 g/mol. The SMILES string of the molecule is Nc1ncc(Cl)c(-c2ccc3c(c2)C(=O)NC3)n1. The molecule has 5 nitrogen and oxygen atoms in total. The third kappa shape index (κ3) is 1.69. The van der Waals surface area contributed by atoms with Gasteiger partial charge in [-0.3, -0.25) is 4.79 Å². The average Bonchev–Trinajstić information content (AvgIpc) is 2.74. The Balaban J connectivity index is 2.16. The molecule has 1 aliphatic heterocycles. The number of nitrogens with one attached hydrogen (secondary N) is 1. The van der Waals surface area contributed by atoms with E-state index in [4.69, 9.17) is 17.3 Å². The van der Waals surface area contributed by atoms with Crippen molar-refractivity contribution in [1.29, 1.82) is 0 Å². The molecule has 0 saturated heterocycles. The number of hydrogen-bond acceptors (Lipinski definition) is 4. The number of aromatic nitrogens is 2. The summed E-state index contributed by atoms with van der Waals surface area (Å²) in [6.45, 7) is 0.564. The van der Waals surface area contributed by atoms with Crippen molar-refractivity contribution < 1.29 is 4.79 Å². The lowest BCUT2D eigenvalue weighted by molar-refractivity contribution is 0.0966. The van der Waals surface area contributed by atoms with Crippen LogP contribution in [0.1, 0.15) is 15.9 Å². The first-order valence-electron chi connectivity index (χ1n) is 5.34. The highest BCUT2D eigenvalue weighted by Crippen LogP contribution is 2.28. The minimum absolute atomic E-state index is 0.0787. The summed E-state index contributed by atoms with van der Waals surface area (Å²) in [7, 11) is 0.